The average Bonchev–Trinajstić information content (AvgIpc) is 2.27. The molecule has 0 bridgehead atoms. The number of aryl methyl sites for hydroxylation is 1. The van der Waals surface area contributed by atoms with Crippen molar-refractivity contribution in [1.82, 2.24) is 9.97 Å². The number of rotatable bonds is 1. The molecule has 5 nitrogen and oxygen atoms in total. The molecule has 0 saturated carbocycles. The number of H-pyrrole nitrogens is 1. The molecule has 0 spiro atoms. The topological polar surface area (TPSA) is 78.8 Å². The van der Waals surface area contributed by atoms with Crippen LogP contribution < -0.4 is 10.3 Å². The summed E-state index contributed by atoms with van der Waals surface area (Å²) in [5.41, 5.74) is 0.449. The third-order valence-corrected chi connectivity index (χ3v) is 2.28. The van der Waals surface area contributed by atoms with Gasteiger partial charge in [-0.2, -0.15) is 5.26 Å². The molecular weight excluding hydrogens is 206 g/mol. The molecule has 5 heteroatoms. The van der Waals surface area contributed by atoms with E-state index in [1.165, 1.54) is 7.11 Å². The third kappa shape index (κ3) is 1.41. The van der Waals surface area contributed by atoms with Gasteiger partial charge in [-0.25, -0.2) is 4.98 Å². The number of fused-ring (bicyclic) bond motifs is 1. The molecule has 2 rings (SSSR count). The van der Waals surface area contributed by atoms with E-state index in [1.807, 2.05) is 6.07 Å². The highest BCUT2D eigenvalue weighted by Crippen LogP contribution is 2.23. The molecule has 0 unspecified atom stereocenters. The maximum absolute atomic E-state index is 11.8. The maximum Gasteiger partial charge on any atom is 0.262 e. The van der Waals surface area contributed by atoms with Gasteiger partial charge in [0.2, 0.25) is 0 Å². The second kappa shape index (κ2) is 3.66. The van der Waals surface area contributed by atoms with Crippen molar-refractivity contribution in [3.63, 3.8) is 0 Å². The molecule has 0 amide bonds. The summed E-state index contributed by atoms with van der Waals surface area (Å²) in [6.45, 7) is 1.67. The summed E-state index contributed by atoms with van der Waals surface area (Å²) < 4.78 is 5.08. The molecule has 0 atom stereocenters. The van der Waals surface area contributed by atoms with Gasteiger partial charge in [-0.15, -0.1) is 0 Å². The Labute approximate surface area is 91.3 Å². The van der Waals surface area contributed by atoms with Crippen LogP contribution in [-0.2, 0) is 0 Å². The molecule has 0 fully saturated rings. The SMILES string of the molecule is COc1ccc(C#N)c2nc(C)[nH]c(=O)c12. The summed E-state index contributed by atoms with van der Waals surface area (Å²) in [5, 5.41) is 9.25. The molecule has 1 heterocycles. The predicted octanol–water partition coefficient (Wildman–Crippen LogP) is 1.11. The molecule has 0 aliphatic heterocycles. The zero-order valence-corrected chi connectivity index (χ0v) is 8.87. The van der Waals surface area contributed by atoms with E-state index in [2.05, 4.69) is 9.97 Å². The first-order valence-corrected chi connectivity index (χ1v) is 4.65. The van der Waals surface area contributed by atoms with Gasteiger partial charge >= 0.3 is 0 Å². The lowest BCUT2D eigenvalue weighted by atomic mass is 10.1. The molecule has 1 aromatic carbocycles. The van der Waals surface area contributed by atoms with Gasteiger partial charge in [0.15, 0.2) is 0 Å². The van der Waals surface area contributed by atoms with Crippen LogP contribution >= 0.6 is 0 Å². The number of hydrogen-bond acceptors (Lipinski definition) is 4. The van der Waals surface area contributed by atoms with Crippen LogP contribution in [0.15, 0.2) is 16.9 Å². The molecule has 0 saturated heterocycles. The average molecular weight is 215 g/mol. The van der Waals surface area contributed by atoms with Crippen molar-refractivity contribution in [3.8, 4) is 11.8 Å². The van der Waals surface area contributed by atoms with E-state index in [1.54, 1.807) is 19.1 Å². The molecule has 1 N–H and O–H groups in total. The Morgan fingerprint density at radius 2 is 2.25 bits per heavy atom. The van der Waals surface area contributed by atoms with Gasteiger partial charge in [0, 0.05) is 0 Å². The molecule has 1 aromatic heterocycles. The first-order chi connectivity index (χ1) is 7.67. The molecule has 0 aliphatic rings. The van der Waals surface area contributed by atoms with Crippen molar-refractivity contribution < 1.29 is 4.74 Å². The molecule has 0 aliphatic carbocycles. The third-order valence-electron chi connectivity index (χ3n) is 2.28. The number of hydrogen-bond donors (Lipinski definition) is 1. The number of ether oxygens (including phenoxy) is 1. The number of nitriles is 1. The molecule has 80 valence electrons. The van der Waals surface area contributed by atoms with E-state index in [-0.39, 0.29) is 5.56 Å². The van der Waals surface area contributed by atoms with Crippen LogP contribution in [0.2, 0.25) is 0 Å². The Bertz CT molecular complexity index is 653. The predicted molar refractivity (Wildman–Crippen MR) is 58.4 cm³/mol. The second-order valence-corrected chi connectivity index (χ2v) is 3.30. The largest absolute Gasteiger partial charge is 0.496 e. The van der Waals surface area contributed by atoms with E-state index in [4.69, 9.17) is 10.00 Å². The van der Waals surface area contributed by atoms with Crippen LogP contribution in [0.5, 0.6) is 5.75 Å². The Morgan fingerprint density at radius 3 is 2.88 bits per heavy atom. The zero-order chi connectivity index (χ0) is 11.7. The van der Waals surface area contributed by atoms with Crippen LogP contribution in [0.25, 0.3) is 10.9 Å². The highest BCUT2D eigenvalue weighted by molar-refractivity contribution is 5.88. The van der Waals surface area contributed by atoms with Crippen molar-refractivity contribution in [3.05, 3.63) is 33.9 Å². The Kier molecular flexibility index (Phi) is 2.33. The summed E-state index contributed by atoms with van der Waals surface area (Å²) in [4.78, 5) is 18.5. The number of benzene rings is 1. The summed E-state index contributed by atoms with van der Waals surface area (Å²) in [6, 6.07) is 5.19. The Morgan fingerprint density at radius 1 is 1.50 bits per heavy atom. The first-order valence-electron chi connectivity index (χ1n) is 4.65. The van der Waals surface area contributed by atoms with E-state index in [9.17, 15) is 4.79 Å². The second-order valence-electron chi connectivity index (χ2n) is 3.30. The maximum atomic E-state index is 11.8. The van der Waals surface area contributed by atoms with Crippen LogP contribution in [0.1, 0.15) is 11.4 Å². The number of nitrogens with one attached hydrogen (secondary N) is 1. The zero-order valence-electron chi connectivity index (χ0n) is 8.87. The lowest BCUT2D eigenvalue weighted by Gasteiger charge is -2.05. The van der Waals surface area contributed by atoms with Gasteiger partial charge in [-0.3, -0.25) is 4.79 Å². The van der Waals surface area contributed by atoms with E-state index < -0.39 is 0 Å². The van der Waals surface area contributed by atoms with Gasteiger partial charge < -0.3 is 9.72 Å². The number of aromatic nitrogens is 2. The Hall–Kier alpha value is -2.35. The van der Waals surface area contributed by atoms with Gasteiger partial charge in [0.05, 0.1) is 18.2 Å². The number of aromatic amines is 1. The van der Waals surface area contributed by atoms with Crippen LogP contribution in [-0.4, -0.2) is 17.1 Å². The monoisotopic (exact) mass is 215 g/mol. The van der Waals surface area contributed by atoms with Gasteiger partial charge in [-0.1, -0.05) is 0 Å². The minimum absolute atomic E-state index is 0.295. The molecular formula is C11H9N3O2. The minimum atomic E-state index is -0.295. The molecule has 2 aromatic rings. The van der Waals surface area contributed by atoms with Crippen LogP contribution in [0.4, 0.5) is 0 Å². The highest BCUT2D eigenvalue weighted by atomic mass is 16.5. The van der Waals surface area contributed by atoms with E-state index >= 15 is 0 Å². The molecule has 16 heavy (non-hydrogen) atoms. The van der Waals surface area contributed by atoms with Crippen molar-refractivity contribution >= 4 is 10.9 Å². The van der Waals surface area contributed by atoms with Gasteiger partial charge in [0.25, 0.3) is 5.56 Å². The fourth-order valence-corrected chi connectivity index (χ4v) is 1.59. The quantitative estimate of drug-likeness (QED) is 0.772. The lowest BCUT2D eigenvalue weighted by Crippen LogP contribution is -2.11. The minimum Gasteiger partial charge on any atom is -0.496 e. The summed E-state index contributed by atoms with van der Waals surface area (Å²) in [5.74, 6) is 0.894. The normalized spacial score (nSPS) is 10.1. The van der Waals surface area contributed by atoms with Gasteiger partial charge in [-0.05, 0) is 19.1 Å². The van der Waals surface area contributed by atoms with E-state index in [0.717, 1.165) is 0 Å². The smallest absolute Gasteiger partial charge is 0.262 e. The highest BCUT2D eigenvalue weighted by Gasteiger charge is 2.11. The van der Waals surface area contributed by atoms with Crippen LogP contribution in [0.3, 0.4) is 0 Å². The fourth-order valence-electron chi connectivity index (χ4n) is 1.59. The number of methoxy groups -OCH3 is 1. The standard InChI is InChI=1S/C11H9N3O2/c1-6-13-10-7(5-12)3-4-8(16-2)9(10)11(15)14-6/h3-4H,1-2H3,(H,13,14,15). The molecule has 0 radical (unpaired) electrons. The van der Waals surface area contributed by atoms with Crippen molar-refractivity contribution in [1.29, 1.82) is 5.26 Å². The van der Waals surface area contributed by atoms with Crippen molar-refractivity contribution in [2.75, 3.05) is 7.11 Å². The lowest BCUT2D eigenvalue weighted by molar-refractivity contribution is 0.419. The summed E-state index contributed by atoms with van der Waals surface area (Å²) in [6.07, 6.45) is 0. The fraction of sp³-hybridized carbons (Fsp3) is 0.182. The van der Waals surface area contributed by atoms with Crippen molar-refractivity contribution in [2.24, 2.45) is 0 Å². The van der Waals surface area contributed by atoms with Gasteiger partial charge in [0.1, 0.15) is 23.0 Å². The summed E-state index contributed by atoms with van der Waals surface area (Å²) >= 11 is 0. The van der Waals surface area contributed by atoms with E-state index in [0.29, 0.717) is 28.0 Å². The summed E-state index contributed by atoms with van der Waals surface area (Å²) in [7, 11) is 1.47. The van der Waals surface area contributed by atoms with Crippen molar-refractivity contribution in [2.45, 2.75) is 6.92 Å². The first kappa shape index (κ1) is 10.2. The number of nitrogens with zero attached hydrogens (tertiary/aromatic N) is 2. The Balaban J connectivity index is 3.03. The van der Waals surface area contributed by atoms with Crippen LogP contribution in [0, 0.1) is 18.3 Å².